The molecular formula is C17H19N5O2. The number of amides is 1. The number of aryl methyl sites for hydroxylation is 2. The molecule has 4 heterocycles. The van der Waals surface area contributed by atoms with E-state index in [1.807, 2.05) is 30.9 Å². The van der Waals surface area contributed by atoms with E-state index >= 15 is 0 Å². The largest absolute Gasteiger partial charge is 0.336 e. The lowest BCUT2D eigenvalue weighted by Crippen LogP contribution is -2.38. The van der Waals surface area contributed by atoms with Crippen molar-refractivity contribution in [2.75, 3.05) is 6.54 Å². The summed E-state index contributed by atoms with van der Waals surface area (Å²) in [6, 6.07) is 3.79. The number of nitrogens with one attached hydrogen (secondary N) is 1. The molecule has 7 nitrogen and oxygen atoms in total. The van der Waals surface area contributed by atoms with Crippen molar-refractivity contribution in [2.45, 2.75) is 39.2 Å². The molecule has 1 N–H and O–H groups in total. The summed E-state index contributed by atoms with van der Waals surface area (Å²) >= 11 is 0. The first kappa shape index (κ1) is 14.9. The van der Waals surface area contributed by atoms with E-state index in [9.17, 15) is 4.79 Å². The molecule has 1 saturated heterocycles. The number of pyridine rings is 1. The standard InChI is InChI=1S/C17H19N5O2/c1-10-9-12(15-11(2)21-24-16(15)19-10)17(23)22-8-4-3-5-14(22)13-6-7-18-20-13/h6-7,9,14H,3-5,8H2,1-2H3,(H,18,20)/t14-/m0/s1. The Morgan fingerprint density at radius 1 is 1.38 bits per heavy atom. The Hall–Kier alpha value is -2.70. The molecule has 124 valence electrons. The van der Waals surface area contributed by atoms with Gasteiger partial charge in [0.25, 0.3) is 11.6 Å². The average Bonchev–Trinajstić information content (AvgIpc) is 3.24. The van der Waals surface area contributed by atoms with E-state index in [1.165, 1.54) is 0 Å². The van der Waals surface area contributed by atoms with Crippen molar-refractivity contribution < 1.29 is 9.32 Å². The molecule has 4 rings (SSSR count). The van der Waals surface area contributed by atoms with Crippen LogP contribution in [0.1, 0.15) is 52.7 Å². The molecule has 1 fully saturated rings. The van der Waals surface area contributed by atoms with Crippen molar-refractivity contribution in [3.8, 4) is 0 Å². The Morgan fingerprint density at radius 2 is 2.25 bits per heavy atom. The van der Waals surface area contributed by atoms with Crippen molar-refractivity contribution in [3.63, 3.8) is 0 Å². The van der Waals surface area contributed by atoms with Crippen molar-refractivity contribution >= 4 is 17.0 Å². The molecule has 1 amide bonds. The lowest BCUT2D eigenvalue weighted by Gasteiger charge is -2.35. The van der Waals surface area contributed by atoms with Crippen LogP contribution in [0.3, 0.4) is 0 Å². The predicted molar refractivity (Wildman–Crippen MR) is 87.5 cm³/mol. The quantitative estimate of drug-likeness (QED) is 0.782. The third-order valence-electron chi connectivity index (χ3n) is 4.62. The molecule has 0 spiro atoms. The van der Waals surface area contributed by atoms with Crippen LogP contribution in [-0.2, 0) is 0 Å². The monoisotopic (exact) mass is 325 g/mol. The summed E-state index contributed by atoms with van der Waals surface area (Å²) in [6.07, 6.45) is 4.77. The molecule has 1 aliphatic heterocycles. The van der Waals surface area contributed by atoms with Crippen molar-refractivity contribution in [1.29, 1.82) is 0 Å². The number of hydrogen-bond donors (Lipinski definition) is 1. The zero-order chi connectivity index (χ0) is 16.7. The van der Waals surface area contributed by atoms with Crippen LogP contribution < -0.4 is 0 Å². The van der Waals surface area contributed by atoms with Gasteiger partial charge in [0.05, 0.1) is 28.4 Å². The fraction of sp³-hybridized carbons (Fsp3) is 0.412. The zero-order valence-electron chi connectivity index (χ0n) is 13.7. The first-order chi connectivity index (χ1) is 11.6. The molecule has 1 atom stereocenters. The second-order valence-electron chi connectivity index (χ2n) is 6.28. The molecule has 0 aromatic carbocycles. The van der Waals surface area contributed by atoms with Crippen molar-refractivity contribution in [1.82, 2.24) is 25.2 Å². The van der Waals surface area contributed by atoms with Gasteiger partial charge in [0.1, 0.15) is 0 Å². The third-order valence-corrected chi connectivity index (χ3v) is 4.62. The van der Waals surface area contributed by atoms with E-state index in [0.29, 0.717) is 22.4 Å². The fourth-order valence-electron chi connectivity index (χ4n) is 3.49. The van der Waals surface area contributed by atoms with Gasteiger partial charge in [-0.15, -0.1) is 0 Å². The van der Waals surface area contributed by atoms with Gasteiger partial charge in [0.2, 0.25) is 0 Å². The molecule has 1 aliphatic rings. The number of H-pyrrole nitrogens is 1. The molecule has 24 heavy (non-hydrogen) atoms. The van der Waals surface area contributed by atoms with E-state index in [1.54, 1.807) is 6.20 Å². The van der Waals surface area contributed by atoms with Crippen LogP contribution in [0.15, 0.2) is 22.9 Å². The number of carbonyl (C=O) groups is 1. The molecule has 0 bridgehead atoms. The van der Waals surface area contributed by atoms with E-state index in [2.05, 4.69) is 20.3 Å². The lowest BCUT2D eigenvalue weighted by molar-refractivity contribution is 0.0608. The van der Waals surface area contributed by atoms with E-state index in [0.717, 1.165) is 37.2 Å². The number of aromatic amines is 1. The van der Waals surface area contributed by atoms with Gasteiger partial charge >= 0.3 is 0 Å². The summed E-state index contributed by atoms with van der Waals surface area (Å²) in [5.41, 5.74) is 3.45. The third kappa shape index (κ3) is 2.36. The van der Waals surface area contributed by atoms with Gasteiger partial charge in [0.15, 0.2) is 0 Å². The summed E-state index contributed by atoms with van der Waals surface area (Å²) in [6.45, 7) is 4.43. The van der Waals surface area contributed by atoms with Gasteiger partial charge in [-0.3, -0.25) is 9.89 Å². The Kier molecular flexibility index (Phi) is 3.55. The maximum absolute atomic E-state index is 13.3. The molecule has 0 aliphatic carbocycles. The SMILES string of the molecule is Cc1cc(C(=O)N2CCCC[C@H]2c2ccn[nH]2)c2c(C)noc2n1. The topological polar surface area (TPSA) is 87.9 Å². The maximum atomic E-state index is 13.3. The minimum atomic E-state index is -0.00361. The number of piperidine rings is 1. The Balaban J connectivity index is 1.78. The number of nitrogens with zero attached hydrogens (tertiary/aromatic N) is 4. The lowest BCUT2D eigenvalue weighted by atomic mass is 9.97. The summed E-state index contributed by atoms with van der Waals surface area (Å²) in [5, 5.41) is 11.7. The molecule has 3 aromatic rings. The van der Waals surface area contributed by atoms with E-state index < -0.39 is 0 Å². The highest BCUT2D eigenvalue weighted by Crippen LogP contribution is 2.32. The summed E-state index contributed by atoms with van der Waals surface area (Å²) < 4.78 is 5.26. The van der Waals surface area contributed by atoms with Crippen LogP contribution in [0.5, 0.6) is 0 Å². The minimum absolute atomic E-state index is 0.00361. The van der Waals surface area contributed by atoms with Gasteiger partial charge in [-0.05, 0) is 45.2 Å². The predicted octanol–water partition coefficient (Wildman–Crippen LogP) is 2.93. The highest BCUT2D eigenvalue weighted by atomic mass is 16.5. The Labute approximate surface area is 139 Å². The number of likely N-dealkylation sites (tertiary alicyclic amines) is 1. The smallest absolute Gasteiger partial charge is 0.258 e. The summed E-state index contributed by atoms with van der Waals surface area (Å²) in [7, 11) is 0. The van der Waals surface area contributed by atoms with Crippen LogP contribution >= 0.6 is 0 Å². The van der Waals surface area contributed by atoms with Crippen molar-refractivity contribution in [2.24, 2.45) is 0 Å². The number of hydrogen-bond acceptors (Lipinski definition) is 5. The fourth-order valence-corrected chi connectivity index (χ4v) is 3.49. The van der Waals surface area contributed by atoms with Gasteiger partial charge in [-0.25, -0.2) is 4.98 Å². The van der Waals surface area contributed by atoms with Gasteiger partial charge in [0, 0.05) is 18.4 Å². The van der Waals surface area contributed by atoms with Crippen LogP contribution in [0.2, 0.25) is 0 Å². The van der Waals surface area contributed by atoms with Crippen LogP contribution in [0, 0.1) is 13.8 Å². The highest BCUT2D eigenvalue weighted by Gasteiger charge is 2.31. The molecular weight excluding hydrogens is 306 g/mol. The highest BCUT2D eigenvalue weighted by molar-refractivity contribution is 6.06. The van der Waals surface area contributed by atoms with E-state index in [4.69, 9.17) is 4.52 Å². The Bertz CT molecular complexity index is 884. The molecule has 0 unspecified atom stereocenters. The summed E-state index contributed by atoms with van der Waals surface area (Å²) in [5.74, 6) is -0.00361. The Morgan fingerprint density at radius 3 is 3.04 bits per heavy atom. The zero-order valence-corrected chi connectivity index (χ0v) is 13.7. The molecule has 0 radical (unpaired) electrons. The van der Waals surface area contributed by atoms with Crippen molar-refractivity contribution in [3.05, 3.63) is 41.0 Å². The second-order valence-corrected chi connectivity index (χ2v) is 6.28. The summed E-state index contributed by atoms with van der Waals surface area (Å²) in [4.78, 5) is 19.6. The maximum Gasteiger partial charge on any atom is 0.258 e. The second kappa shape index (κ2) is 5.74. The van der Waals surface area contributed by atoms with Gasteiger partial charge in [-0.2, -0.15) is 5.10 Å². The normalized spacial score (nSPS) is 18.2. The molecule has 7 heteroatoms. The number of fused-ring (bicyclic) bond motifs is 1. The minimum Gasteiger partial charge on any atom is -0.336 e. The molecule has 0 saturated carbocycles. The van der Waals surface area contributed by atoms with E-state index in [-0.39, 0.29) is 11.9 Å². The first-order valence-electron chi connectivity index (χ1n) is 8.19. The first-order valence-corrected chi connectivity index (χ1v) is 8.19. The number of rotatable bonds is 2. The van der Waals surface area contributed by atoms with Crippen LogP contribution in [0.4, 0.5) is 0 Å². The molecule has 3 aromatic heterocycles. The number of carbonyl (C=O) groups excluding carboxylic acids is 1. The average molecular weight is 325 g/mol. The van der Waals surface area contributed by atoms with Gasteiger partial charge in [-0.1, -0.05) is 5.16 Å². The van der Waals surface area contributed by atoms with Gasteiger partial charge < -0.3 is 9.42 Å². The van der Waals surface area contributed by atoms with Crippen LogP contribution in [0.25, 0.3) is 11.1 Å². The number of aromatic nitrogens is 4. The van der Waals surface area contributed by atoms with Crippen LogP contribution in [-0.4, -0.2) is 37.7 Å².